The monoisotopic (exact) mass is 216 g/mol. The number of hydrogen-bond acceptors (Lipinski definition) is 2. The van der Waals surface area contributed by atoms with Crippen LogP contribution in [0.5, 0.6) is 0 Å². The van der Waals surface area contributed by atoms with Crippen LogP contribution in [0.25, 0.3) is 21.2 Å². The summed E-state index contributed by atoms with van der Waals surface area (Å²) in [7, 11) is 0. The highest BCUT2D eigenvalue weighted by Gasteiger charge is 2.04. The van der Waals surface area contributed by atoms with Crippen LogP contribution in [0.4, 0.5) is 0 Å². The van der Waals surface area contributed by atoms with Gasteiger partial charge < -0.3 is 0 Å². The van der Waals surface area contributed by atoms with Crippen molar-refractivity contribution in [2.24, 2.45) is 0 Å². The first-order chi connectivity index (χ1) is 6.95. The first kappa shape index (κ1) is 8.21. The third kappa shape index (κ3) is 1.19. The summed E-state index contributed by atoms with van der Waals surface area (Å²) in [5.41, 5.74) is 2.71. The van der Waals surface area contributed by atoms with Crippen LogP contribution in [-0.4, -0.2) is 0 Å². The lowest BCUT2D eigenvalue weighted by Gasteiger charge is -1.93. The Morgan fingerprint density at radius 1 is 0.929 bits per heavy atom. The second kappa shape index (κ2) is 3.23. The molecule has 0 spiro atoms. The summed E-state index contributed by atoms with van der Waals surface area (Å²) in [5, 5.41) is 7.94. The van der Waals surface area contributed by atoms with E-state index in [-0.39, 0.29) is 0 Å². The third-order valence-electron chi connectivity index (χ3n) is 2.31. The van der Waals surface area contributed by atoms with Crippen molar-refractivity contribution in [1.29, 1.82) is 0 Å². The van der Waals surface area contributed by atoms with Crippen molar-refractivity contribution in [3.8, 4) is 11.1 Å². The van der Waals surface area contributed by atoms with E-state index < -0.39 is 0 Å². The Morgan fingerprint density at radius 3 is 2.71 bits per heavy atom. The van der Waals surface area contributed by atoms with E-state index in [1.54, 1.807) is 11.3 Å². The summed E-state index contributed by atoms with van der Waals surface area (Å²) in [6.07, 6.45) is 0. The van der Waals surface area contributed by atoms with Crippen LogP contribution < -0.4 is 0 Å². The molecule has 0 fully saturated rings. The van der Waals surface area contributed by atoms with Crippen LogP contribution in [0.15, 0.2) is 46.5 Å². The lowest BCUT2D eigenvalue weighted by molar-refractivity contribution is 1.82. The molecular weight excluding hydrogens is 208 g/mol. The summed E-state index contributed by atoms with van der Waals surface area (Å²) in [6.45, 7) is 0. The number of thiophene rings is 2. The van der Waals surface area contributed by atoms with Crippen LogP contribution in [0.3, 0.4) is 0 Å². The number of hydrogen-bond donors (Lipinski definition) is 0. The van der Waals surface area contributed by atoms with Gasteiger partial charge in [0.05, 0.1) is 0 Å². The van der Waals surface area contributed by atoms with E-state index in [1.807, 2.05) is 11.3 Å². The quantitative estimate of drug-likeness (QED) is 0.556. The van der Waals surface area contributed by atoms with E-state index in [2.05, 4.69) is 46.5 Å². The molecule has 2 aromatic heterocycles. The first-order valence-electron chi connectivity index (χ1n) is 4.44. The predicted octanol–water partition coefficient (Wildman–Crippen LogP) is 4.63. The van der Waals surface area contributed by atoms with Gasteiger partial charge in [0.2, 0.25) is 0 Å². The van der Waals surface area contributed by atoms with Crippen molar-refractivity contribution in [2.75, 3.05) is 0 Å². The van der Waals surface area contributed by atoms with Crippen LogP contribution in [0.2, 0.25) is 0 Å². The Morgan fingerprint density at radius 2 is 1.86 bits per heavy atom. The average Bonchev–Trinajstić information content (AvgIpc) is 2.85. The van der Waals surface area contributed by atoms with E-state index >= 15 is 0 Å². The molecule has 0 radical (unpaired) electrons. The molecule has 0 saturated heterocycles. The lowest BCUT2D eigenvalue weighted by Crippen LogP contribution is -1.68. The van der Waals surface area contributed by atoms with Gasteiger partial charge in [-0.3, -0.25) is 0 Å². The molecule has 14 heavy (non-hydrogen) atoms. The lowest BCUT2D eigenvalue weighted by atomic mass is 10.1. The molecule has 0 bridgehead atoms. The molecule has 0 N–H and O–H groups in total. The molecule has 0 unspecified atom stereocenters. The molecular formula is C12H8S2. The molecule has 2 heterocycles. The van der Waals surface area contributed by atoms with Gasteiger partial charge in [-0.2, -0.15) is 11.3 Å². The molecule has 3 rings (SSSR count). The second-order valence-electron chi connectivity index (χ2n) is 3.16. The zero-order chi connectivity index (χ0) is 9.38. The zero-order valence-corrected chi connectivity index (χ0v) is 9.07. The summed E-state index contributed by atoms with van der Waals surface area (Å²) in [5.74, 6) is 0. The molecule has 0 nitrogen and oxygen atoms in total. The topological polar surface area (TPSA) is 0 Å². The van der Waals surface area contributed by atoms with Gasteiger partial charge in [-0.15, -0.1) is 11.3 Å². The predicted molar refractivity (Wildman–Crippen MR) is 65.1 cm³/mol. The fraction of sp³-hybridized carbons (Fsp3) is 0. The van der Waals surface area contributed by atoms with Crippen LogP contribution in [0, 0.1) is 0 Å². The van der Waals surface area contributed by atoms with E-state index in [0.29, 0.717) is 0 Å². The highest BCUT2D eigenvalue weighted by molar-refractivity contribution is 7.17. The van der Waals surface area contributed by atoms with Crippen molar-refractivity contribution < 1.29 is 0 Å². The van der Waals surface area contributed by atoms with Crippen molar-refractivity contribution in [1.82, 2.24) is 0 Å². The summed E-state index contributed by atoms with van der Waals surface area (Å²) < 4.78 is 1.37. The largest absolute Gasteiger partial charge is 0.152 e. The molecule has 0 aliphatic heterocycles. The minimum Gasteiger partial charge on any atom is -0.152 e. The van der Waals surface area contributed by atoms with Gasteiger partial charge in [-0.25, -0.2) is 0 Å². The smallest absolute Gasteiger partial charge is 0.0349 e. The van der Waals surface area contributed by atoms with Gasteiger partial charge in [-0.05, 0) is 33.8 Å². The van der Waals surface area contributed by atoms with Gasteiger partial charge in [0.15, 0.2) is 0 Å². The number of benzene rings is 1. The Labute approximate surface area is 90.5 Å². The van der Waals surface area contributed by atoms with E-state index in [9.17, 15) is 0 Å². The Bertz CT molecular complexity index is 546. The van der Waals surface area contributed by atoms with Crippen LogP contribution in [-0.2, 0) is 0 Å². The van der Waals surface area contributed by atoms with Crippen molar-refractivity contribution in [2.45, 2.75) is 0 Å². The van der Waals surface area contributed by atoms with E-state index in [1.165, 1.54) is 21.2 Å². The first-order valence-corrected chi connectivity index (χ1v) is 6.26. The van der Waals surface area contributed by atoms with Gasteiger partial charge in [0, 0.05) is 15.6 Å². The van der Waals surface area contributed by atoms with Crippen molar-refractivity contribution in [3.05, 3.63) is 46.5 Å². The summed E-state index contributed by atoms with van der Waals surface area (Å²) in [6, 6.07) is 10.7. The summed E-state index contributed by atoms with van der Waals surface area (Å²) >= 11 is 3.57. The molecule has 0 saturated carbocycles. The Kier molecular flexibility index (Phi) is 1.89. The maximum absolute atomic E-state index is 2.24. The molecule has 68 valence electrons. The molecule has 0 amide bonds. The normalized spacial score (nSPS) is 10.9. The SMILES string of the molecule is c1ccc2c(-c3ccsc3)csc2c1. The molecule has 0 aliphatic rings. The van der Waals surface area contributed by atoms with E-state index in [4.69, 9.17) is 0 Å². The molecule has 3 aromatic rings. The average molecular weight is 216 g/mol. The molecule has 1 aromatic carbocycles. The molecule has 0 aliphatic carbocycles. The standard InChI is InChI=1S/C12H8S2/c1-2-4-12-10(3-1)11(8-14-12)9-5-6-13-7-9/h1-8H. The molecule has 2 heteroatoms. The number of rotatable bonds is 1. The maximum Gasteiger partial charge on any atom is 0.0349 e. The number of fused-ring (bicyclic) bond motifs is 1. The van der Waals surface area contributed by atoms with E-state index in [0.717, 1.165) is 0 Å². The maximum atomic E-state index is 2.24. The van der Waals surface area contributed by atoms with Crippen molar-refractivity contribution >= 4 is 32.8 Å². The second-order valence-corrected chi connectivity index (χ2v) is 4.85. The van der Waals surface area contributed by atoms with Crippen LogP contribution in [0.1, 0.15) is 0 Å². The third-order valence-corrected chi connectivity index (χ3v) is 3.96. The van der Waals surface area contributed by atoms with Crippen LogP contribution >= 0.6 is 22.7 Å². The Balaban J connectivity index is 2.33. The fourth-order valence-corrected chi connectivity index (χ4v) is 3.24. The molecule has 0 atom stereocenters. The highest BCUT2D eigenvalue weighted by Crippen LogP contribution is 2.34. The zero-order valence-electron chi connectivity index (χ0n) is 7.44. The minimum atomic E-state index is 1.34. The van der Waals surface area contributed by atoms with Gasteiger partial charge in [0.1, 0.15) is 0 Å². The highest BCUT2D eigenvalue weighted by atomic mass is 32.1. The fourth-order valence-electron chi connectivity index (χ4n) is 1.62. The van der Waals surface area contributed by atoms with Gasteiger partial charge in [0.25, 0.3) is 0 Å². The van der Waals surface area contributed by atoms with Crippen molar-refractivity contribution in [3.63, 3.8) is 0 Å². The minimum absolute atomic E-state index is 1.34. The van der Waals surface area contributed by atoms with Gasteiger partial charge in [-0.1, -0.05) is 18.2 Å². The van der Waals surface area contributed by atoms with Gasteiger partial charge >= 0.3 is 0 Å². The Hall–Kier alpha value is -1.12. The summed E-state index contributed by atoms with van der Waals surface area (Å²) in [4.78, 5) is 0.